The van der Waals surface area contributed by atoms with Gasteiger partial charge in [0.1, 0.15) is 6.20 Å². The summed E-state index contributed by atoms with van der Waals surface area (Å²) >= 11 is 0. The number of aromatic nitrogens is 4. The zero-order valence-electron chi connectivity index (χ0n) is 12.5. The average Bonchev–Trinajstić information content (AvgIpc) is 2.53. The first-order valence-corrected chi connectivity index (χ1v) is 7.09. The van der Waals surface area contributed by atoms with Crippen molar-refractivity contribution in [1.82, 2.24) is 15.0 Å². The molecule has 1 saturated heterocycles. The minimum atomic E-state index is -6.00. The van der Waals surface area contributed by atoms with E-state index in [2.05, 4.69) is 31.3 Å². The number of anilines is 1. The fourth-order valence-corrected chi connectivity index (χ4v) is 2.21. The van der Waals surface area contributed by atoms with Crippen molar-refractivity contribution < 1.29 is 26.6 Å². The predicted octanol–water partition coefficient (Wildman–Crippen LogP) is 1.47. The van der Waals surface area contributed by atoms with Gasteiger partial charge < -0.3 is 26.9 Å². The van der Waals surface area contributed by atoms with Crippen LogP contribution in [-0.4, -0.2) is 48.5 Å². The Labute approximate surface area is 130 Å². The lowest BCUT2D eigenvalue weighted by molar-refractivity contribution is -0.670. The fourth-order valence-electron chi connectivity index (χ4n) is 2.21. The number of halogens is 4. The molecule has 0 aromatic carbocycles. The molecular weight excluding hydrogens is 317 g/mol. The normalized spacial score (nSPS) is 15.3. The molecule has 0 spiro atoms. The third kappa shape index (κ3) is 4.98. The van der Waals surface area contributed by atoms with Gasteiger partial charge in [-0.25, -0.2) is 9.55 Å². The molecule has 0 bridgehead atoms. The van der Waals surface area contributed by atoms with Crippen molar-refractivity contribution in [3.8, 4) is 0 Å². The van der Waals surface area contributed by atoms with Crippen molar-refractivity contribution in [3.63, 3.8) is 0 Å². The Morgan fingerprint density at radius 1 is 1.17 bits per heavy atom. The van der Waals surface area contributed by atoms with Crippen LogP contribution >= 0.6 is 0 Å². The number of ether oxygens (including phenoxy) is 1. The molecule has 2 aromatic rings. The summed E-state index contributed by atoms with van der Waals surface area (Å²) in [6.07, 6.45) is 5.36. The van der Waals surface area contributed by atoms with Crippen molar-refractivity contribution in [2.24, 2.45) is 0 Å². The van der Waals surface area contributed by atoms with Crippen LogP contribution < -0.4 is 9.47 Å². The minimum absolute atomic E-state index is 0.742. The lowest BCUT2D eigenvalue weighted by Gasteiger charge is -2.27. The van der Waals surface area contributed by atoms with Gasteiger partial charge in [0.15, 0.2) is 11.3 Å². The van der Waals surface area contributed by atoms with Crippen LogP contribution in [0.1, 0.15) is 6.92 Å². The molecule has 3 rings (SSSR count). The maximum absolute atomic E-state index is 9.75. The molecule has 0 amide bonds. The van der Waals surface area contributed by atoms with E-state index < -0.39 is 7.25 Å². The lowest BCUT2D eigenvalue weighted by atomic mass is 10.3. The molecule has 3 heterocycles. The molecule has 2 aromatic heterocycles. The van der Waals surface area contributed by atoms with Gasteiger partial charge in [0.25, 0.3) is 0 Å². The Balaban J connectivity index is 0.000000338. The molecular formula is C12H16BF4N5O. The summed E-state index contributed by atoms with van der Waals surface area (Å²) in [5.41, 5.74) is 1.75. The van der Waals surface area contributed by atoms with Crippen LogP contribution in [0, 0.1) is 0 Å². The summed E-state index contributed by atoms with van der Waals surface area (Å²) in [5.74, 6) is 0.908. The molecule has 0 saturated carbocycles. The van der Waals surface area contributed by atoms with Crippen LogP contribution in [0.3, 0.4) is 0 Å². The van der Waals surface area contributed by atoms with E-state index in [0.29, 0.717) is 0 Å². The van der Waals surface area contributed by atoms with Crippen LogP contribution in [0.25, 0.3) is 11.2 Å². The number of hydrogen-bond donors (Lipinski definition) is 0. The van der Waals surface area contributed by atoms with E-state index in [1.165, 1.54) is 0 Å². The summed E-state index contributed by atoms with van der Waals surface area (Å²) < 4.78 is 46.4. The molecule has 1 fully saturated rings. The van der Waals surface area contributed by atoms with E-state index in [1.807, 2.05) is 6.20 Å². The Hall–Kier alpha value is -2.04. The molecule has 0 aliphatic carbocycles. The molecule has 6 nitrogen and oxygen atoms in total. The Kier molecular flexibility index (Phi) is 5.64. The van der Waals surface area contributed by atoms with Crippen molar-refractivity contribution in [2.45, 2.75) is 13.5 Å². The SMILES string of the molecule is CC[n+]1ccnc2c(N3CCOCC3)ncnc21.F[B-](F)(F)F. The number of aryl methyl sites for hydroxylation is 1. The van der Waals surface area contributed by atoms with E-state index in [1.54, 1.807) is 12.5 Å². The van der Waals surface area contributed by atoms with Crippen molar-refractivity contribution >= 4 is 24.2 Å². The van der Waals surface area contributed by atoms with Crippen molar-refractivity contribution in [2.75, 3.05) is 31.2 Å². The Bertz CT molecular complexity index is 645. The smallest absolute Gasteiger partial charge is 0.418 e. The van der Waals surface area contributed by atoms with Crippen LogP contribution in [0.15, 0.2) is 18.7 Å². The van der Waals surface area contributed by atoms with Gasteiger partial charge in [-0.3, -0.25) is 0 Å². The summed E-state index contributed by atoms with van der Waals surface area (Å²) in [7, 11) is -6.00. The number of nitrogens with zero attached hydrogens (tertiary/aromatic N) is 5. The average molecular weight is 333 g/mol. The monoisotopic (exact) mass is 333 g/mol. The second-order valence-electron chi connectivity index (χ2n) is 4.68. The summed E-state index contributed by atoms with van der Waals surface area (Å²) in [6, 6.07) is 0. The summed E-state index contributed by atoms with van der Waals surface area (Å²) in [5, 5.41) is 0. The largest absolute Gasteiger partial charge is 0.673 e. The van der Waals surface area contributed by atoms with E-state index in [4.69, 9.17) is 4.74 Å². The van der Waals surface area contributed by atoms with Crippen LogP contribution in [0.2, 0.25) is 0 Å². The highest BCUT2D eigenvalue weighted by Gasteiger charge is 2.21. The Morgan fingerprint density at radius 3 is 2.43 bits per heavy atom. The quantitative estimate of drug-likeness (QED) is 0.473. The van der Waals surface area contributed by atoms with E-state index >= 15 is 0 Å². The molecule has 126 valence electrons. The van der Waals surface area contributed by atoms with Gasteiger partial charge in [0, 0.05) is 13.1 Å². The number of rotatable bonds is 2. The second-order valence-corrected chi connectivity index (χ2v) is 4.68. The summed E-state index contributed by atoms with van der Waals surface area (Å²) in [4.78, 5) is 15.4. The van der Waals surface area contributed by atoms with Crippen LogP contribution in [-0.2, 0) is 11.3 Å². The van der Waals surface area contributed by atoms with Crippen LogP contribution in [0.5, 0.6) is 0 Å². The van der Waals surface area contributed by atoms with Gasteiger partial charge in [-0.1, -0.05) is 0 Å². The zero-order valence-corrected chi connectivity index (χ0v) is 12.5. The molecule has 1 aliphatic rings. The van der Waals surface area contributed by atoms with Gasteiger partial charge in [-0.15, -0.1) is 0 Å². The maximum atomic E-state index is 9.75. The van der Waals surface area contributed by atoms with Gasteiger partial charge in [-0.2, -0.15) is 4.98 Å². The Morgan fingerprint density at radius 2 is 1.83 bits per heavy atom. The number of hydrogen-bond acceptors (Lipinski definition) is 5. The molecule has 1 aliphatic heterocycles. The van der Waals surface area contributed by atoms with Gasteiger partial charge in [-0.05, 0) is 11.9 Å². The van der Waals surface area contributed by atoms with Crippen LogP contribution in [0.4, 0.5) is 23.1 Å². The van der Waals surface area contributed by atoms with Gasteiger partial charge in [0.05, 0.1) is 26.0 Å². The molecule has 23 heavy (non-hydrogen) atoms. The summed E-state index contributed by atoms with van der Waals surface area (Å²) in [6.45, 7) is 6.16. The minimum Gasteiger partial charge on any atom is -0.418 e. The first-order chi connectivity index (χ1) is 10.9. The molecule has 11 heteroatoms. The predicted molar refractivity (Wildman–Crippen MR) is 76.4 cm³/mol. The van der Waals surface area contributed by atoms with Gasteiger partial charge >= 0.3 is 12.9 Å². The maximum Gasteiger partial charge on any atom is 0.673 e. The first kappa shape index (κ1) is 17.3. The number of fused-ring (bicyclic) bond motifs is 1. The standard InChI is InChI=1S/C12H16N5O.BF4/c1-2-16-4-3-13-10-11(16)14-9-15-12(10)17-5-7-18-8-6-17;2-1(3,4)5/h3-4,9H,2,5-8H2,1H3;/q+1;-1. The third-order valence-electron chi connectivity index (χ3n) is 3.16. The molecule has 0 atom stereocenters. The second kappa shape index (κ2) is 7.49. The van der Waals surface area contributed by atoms with E-state index in [9.17, 15) is 17.3 Å². The third-order valence-corrected chi connectivity index (χ3v) is 3.16. The molecule has 0 unspecified atom stereocenters. The van der Waals surface area contributed by atoms with Gasteiger partial charge in [0.2, 0.25) is 6.33 Å². The van der Waals surface area contributed by atoms with E-state index in [-0.39, 0.29) is 0 Å². The van der Waals surface area contributed by atoms with Crippen molar-refractivity contribution in [1.29, 1.82) is 0 Å². The first-order valence-electron chi connectivity index (χ1n) is 7.09. The molecule has 0 N–H and O–H groups in total. The van der Waals surface area contributed by atoms with Crippen molar-refractivity contribution in [3.05, 3.63) is 18.7 Å². The molecule has 0 radical (unpaired) electrons. The fraction of sp³-hybridized carbons (Fsp3) is 0.500. The zero-order chi connectivity index (χ0) is 16.9. The van der Waals surface area contributed by atoms with E-state index in [0.717, 1.165) is 49.8 Å². The topological polar surface area (TPSA) is 55.0 Å². The highest BCUT2D eigenvalue weighted by molar-refractivity contribution is 6.50. The number of morpholine rings is 1. The highest BCUT2D eigenvalue weighted by atomic mass is 19.5. The lowest BCUT2D eigenvalue weighted by Crippen LogP contribution is -2.38. The highest BCUT2D eigenvalue weighted by Crippen LogP contribution is 2.19.